The Balaban J connectivity index is 1.58. The summed E-state index contributed by atoms with van der Waals surface area (Å²) in [5.74, 6) is 0.236. The molecule has 0 aromatic rings. The molecule has 1 unspecified atom stereocenters. The van der Waals surface area contributed by atoms with E-state index < -0.39 is 12.0 Å². The fraction of sp³-hybridized carbons (Fsp3) is 0.762. The van der Waals surface area contributed by atoms with Crippen LogP contribution in [0, 0.1) is 34.5 Å². The van der Waals surface area contributed by atoms with Crippen molar-refractivity contribution < 1.29 is 24.2 Å². The molecule has 5 nitrogen and oxygen atoms in total. The first-order valence-corrected chi connectivity index (χ1v) is 10.0. The van der Waals surface area contributed by atoms with Crippen molar-refractivity contribution >= 4 is 17.5 Å². The van der Waals surface area contributed by atoms with Gasteiger partial charge in [0.15, 0.2) is 11.6 Å². The average molecular weight is 358 g/mol. The van der Waals surface area contributed by atoms with Gasteiger partial charge < -0.3 is 9.84 Å². The topological polar surface area (TPSA) is 80.7 Å². The molecule has 0 aromatic heterocycles. The monoisotopic (exact) mass is 358 g/mol. The highest BCUT2D eigenvalue weighted by molar-refractivity contribution is 5.93. The molecule has 5 rings (SSSR count). The van der Waals surface area contributed by atoms with E-state index in [-0.39, 0.29) is 46.8 Å². The predicted octanol–water partition coefficient (Wildman–Crippen LogP) is 2.21. The number of Topliss-reactive ketones (excluding diaryl/α,β-unsaturated/α-hetero) is 1. The van der Waals surface area contributed by atoms with Gasteiger partial charge in [-0.15, -0.1) is 0 Å². The molecular formula is C21H26O5. The molecule has 5 heteroatoms. The lowest BCUT2D eigenvalue weighted by molar-refractivity contribution is -0.154. The Bertz CT molecular complexity index is 739. The molecule has 1 N–H and O–H groups in total. The van der Waals surface area contributed by atoms with Crippen molar-refractivity contribution in [1.29, 1.82) is 0 Å². The number of aliphatic hydroxyl groups is 1. The summed E-state index contributed by atoms with van der Waals surface area (Å²) < 4.78 is 5.94. The third-order valence-corrected chi connectivity index (χ3v) is 8.59. The van der Waals surface area contributed by atoms with Gasteiger partial charge >= 0.3 is 5.97 Å². The molecule has 1 aliphatic heterocycles. The quantitative estimate of drug-likeness (QED) is 0.766. The molecule has 26 heavy (non-hydrogen) atoms. The summed E-state index contributed by atoms with van der Waals surface area (Å²) in [4.78, 5) is 37.3. The highest BCUT2D eigenvalue weighted by Gasteiger charge is 2.72. The van der Waals surface area contributed by atoms with Crippen LogP contribution in [-0.4, -0.2) is 35.4 Å². The number of carbonyl (C=O) groups is 3. The lowest BCUT2D eigenvalue weighted by atomic mass is 9.46. The Morgan fingerprint density at radius 1 is 1.27 bits per heavy atom. The molecule has 1 saturated heterocycles. The van der Waals surface area contributed by atoms with Crippen LogP contribution in [-0.2, 0) is 19.1 Å². The van der Waals surface area contributed by atoms with Crippen molar-refractivity contribution in [2.45, 2.75) is 58.0 Å². The van der Waals surface area contributed by atoms with Crippen LogP contribution >= 0.6 is 0 Å². The molecule has 0 aromatic carbocycles. The Kier molecular flexibility index (Phi) is 3.38. The zero-order valence-corrected chi connectivity index (χ0v) is 15.2. The molecule has 4 aliphatic carbocycles. The molecule has 7 atom stereocenters. The molecule has 0 amide bonds. The van der Waals surface area contributed by atoms with E-state index >= 15 is 0 Å². The van der Waals surface area contributed by atoms with Crippen molar-refractivity contribution in [3.05, 3.63) is 11.6 Å². The lowest BCUT2D eigenvalue weighted by Gasteiger charge is -2.56. The summed E-state index contributed by atoms with van der Waals surface area (Å²) in [6.07, 6.45) is 7.17. The van der Waals surface area contributed by atoms with Gasteiger partial charge in [0.05, 0.1) is 5.41 Å². The van der Waals surface area contributed by atoms with Gasteiger partial charge in [0.2, 0.25) is 0 Å². The Morgan fingerprint density at radius 2 is 2.08 bits per heavy atom. The lowest BCUT2D eigenvalue weighted by Crippen LogP contribution is -2.55. The summed E-state index contributed by atoms with van der Waals surface area (Å²) in [5, 5.41) is 9.41. The number of aliphatic hydroxyl groups excluding tert-OH is 1. The van der Waals surface area contributed by atoms with Crippen LogP contribution in [0.25, 0.3) is 0 Å². The fourth-order valence-corrected chi connectivity index (χ4v) is 7.59. The number of fused-ring (bicyclic) bond motifs is 6. The van der Waals surface area contributed by atoms with E-state index in [0.29, 0.717) is 25.2 Å². The van der Waals surface area contributed by atoms with E-state index in [0.717, 1.165) is 25.7 Å². The molecule has 3 saturated carbocycles. The van der Waals surface area contributed by atoms with Crippen LogP contribution in [0.3, 0.4) is 0 Å². The third kappa shape index (κ3) is 1.83. The Labute approximate surface area is 153 Å². The van der Waals surface area contributed by atoms with E-state index in [1.807, 2.05) is 6.08 Å². The molecule has 4 fully saturated rings. The second kappa shape index (κ2) is 5.28. The summed E-state index contributed by atoms with van der Waals surface area (Å²) in [5.41, 5.74) is 0.469. The van der Waals surface area contributed by atoms with Crippen LogP contribution in [0.5, 0.6) is 0 Å². The standard InChI is InChI=1S/C21H26O5/c1-20-7-6-12(23)8-11(20)2-3-13-14-4-5-15(16(24)10-22)21(14)9-17(18(13)20)26-19(21)25/h8,13-15,17-18,22H,2-7,9-10H2,1H3/t13-,14-,15+,17?,18+,20-,21+/m0/s1. The Hall–Kier alpha value is -1.49. The number of rotatable bonds is 2. The van der Waals surface area contributed by atoms with E-state index in [1.54, 1.807) is 0 Å². The van der Waals surface area contributed by atoms with Gasteiger partial charge in [0.25, 0.3) is 0 Å². The van der Waals surface area contributed by atoms with E-state index in [9.17, 15) is 19.5 Å². The number of esters is 1. The van der Waals surface area contributed by atoms with Gasteiger partial charge in [0, 0.05) is 24.7 Å². The zero-order chi connectivity index (χ0) is 18.3. The van der Waals surface area contributed by atoms with Gasteiger partial charge in [0.1, 0.15) is 12.7 Å². The maximum atomic E-state index is 13.0. The van der Waals surface area contributed by atoms with E-state index in [2.05, 4.69) is 6.92 Å². The number of ketones is 2. The van der Waals surface area contributed by atoms with Crippen molar-refractivity contribution in [3.63, 3.8) is 0 Å². The van der Waals surface area contributed by atoms with Crippen LogP contribution in [0.1, 0.15) is 51.9 Å². The van der Waals surface area contributed by atoms with Gasteiger partial charge in [-0.05, 0) is 55.4 Å². The van der Waals surface area contributed by atoms with Gasteiger partial charge in [-0.25, -0.2) is 0 Å². The molecular weight excluding hydrogens is 332 g/mol. The summed E-state index contributed by atoms with van der Waals surface area (Å²) in [6.45, 7) is 1.77. The molecule has 5 aliphatic rings. The predicted molar refractivity (Wildman–Crippen MR) is 91.9 cm³/mol. The minimum Gasteiger partial charge on any atom is -0.462 e. The average Bonchev–Trinajstić information content (AvgIpc) is 3.14. The maximum absolute atomic E-state index is 13.0. The number of hydrogen-bond acceptors (Lipinski definition) is 5. The van der Waals surface area contributed by atoms with Crippen LogP contribution in [0.15, 0.2) is 11.6 Å². The van der Waals surface area contributed by atoms with Gasteiger partial charge in [-0.1, -0.05) is 12.5 Å². The van der Waals surface area contributed by atoms with Crippen molar-refractivity contribution in [1.82, 2.24) is 0 Å². The second-order valence-electron chi connectivity index (χ2n) is 9.33. The minimum absolute atomic E-state index is 0.0721. The van der Waals surface area contributed by atoms with Crippen molar-refractivity contribution in [2.75, 3.05) is 6.61 Å². The number of hydrogen-bond donors (Lipinski definition) is 1. The first-order valence-electron chi connectivity index (χ1n) is 10.0. The van der Waals surface area contributed by atoms with Crippen LogP contribution < -0.4 is 0 Å². The van der Waals surface area contributed by atoms with Crippen LogP contribution in [0.4, 0.5) is 0 Å². The van der Waals surface area contributed by atoms with Crippen LogP contribution in [0.2, 0.25) is 0 Å². The van der Waals surface area contributed by atoms with Crippen molar-refractivity contribution in [2.24, 2.45) is 34.5 Å². The normalized spacial score (nSPS) is 49.0. The maximum Gasteiger partial charge on any atom is 0.313 e. The highest BCUT2D eigenvalue weighted by atomic mass is 16.6. The van der Waals surface area contributed by atoms with E-state index in [1.165, 1.54) is 5.57 Å². The second-order valence-corrected chi connectivity index (χ2v) is 9.33. The third-order valence-electron chi connectivity index (χ3n) is 8.59. The smallest absolute Gasteiger partial charge is 0.313 e. The van der Waals surface area contributed by atoms with Gasteiger partial charge in [-0.2, -0.15) is 0 Å². The number of carbonyl (C=O) groups excluding carboxylic acids is 3. The first-order chi connectivity index (χ1) is 12.4. The molecule has 1 heterocycles. The fourth-order valence-electron chi connectivity index (χ4n) is 7.59. The number of ether oxygens (including phenoxy) is 1. The SMILES string of the molecule is C[C@]12CCC(=O)C=C1CC[C@H]1[C@@H]3CC[C@H](C(=O)CO)[C@@]34CC(OC4=O)[C@@H]12. The largest absolute Gasteiger partial charge is 0.462 e. The molecule has 2 bridgehead atoms. The summed E-state index contributed by atoms with van der Waals surface area (Å²) in [7, 11) is 0. The highest BCUT2D eigenvalue weighted by Crippen LogP contribution is 2.70. The van der Waals surface area contributed by atoms with Crippen molar-refractivity contribution in [3.8, 4) is 0 Å². The molecule has 1 spiro atoms. The summed E-state index contributed by atoms with van der Waals surface area (Å²) >= 11 is 0. The molecule has 140 valence electrons. The minimum atomic E-state index is -0.701. The summed E-state index contributed by atoms with van der Waals surface area (Å²) in [6, 6.07) is 0. The van der Waals surface area contributed by atoms with E-state index in [4.69, 9.17) is 4.74 Å². The first kappa shape index (κ1) is 16.7. The Morgan fingerprint density at radius 3 is 2.85 bits per heavy atom. The van der Waals surface area contributed by atoms with Gasteiger partial charge in [-0.3, -0.25) is 14.4 Å². The molecule has 0 radical (unpaired) electrons. The number of allylic oxidation sites excluding steroid dienone is 1. The zero-order valence-electron chi connectivity index (χ0n) is 15.2.